The molecule has 0 fully saturated rings. The summed E-state index contributed by atoms with van der Waals surface area (Å²) < 4.78 is 0. The number of halogens is 1. The Kier molecular flexibility index (Phi) is 7.72. The fourth-order valence-corrected chi connectivity index (χ4v) is 1.83. The molecule has 108 valence electrons. The van der Waals surface area contributed by atoms with Crippen molar-refractivity contribution in [3.8, 4) is 0 Å². The topological polar surface area (TPSA) is 55.1 Å². The normalized spacial score (nSPS) is 12.2. The van der Waals surface area contributed by atoms with Crippen LogP contribution in [0.15, 0.2) is 24.3 Å². The van der Waals surface area contributed by atoms with E-state index in [4.69, 9.17) is 5.73 Å². The summed E-state index contributed by atoms with van der Waals surface area (Å²) >= 11 is 0. The lowest BCUT2D eigenvalue weighted by Crippen LogP contribution is -2.36. The summed E-state index contributed by atoms with van der Waals surface area (Å²) in [6.07, 6.45) is 0.704. The number of nitrogens with one attached hydrogen (secondary N) is 1. The Morgan fingerprint density at radius 3 is 2.42 bits per heavy atom. The summed E-state index contributed by atoms with van der Waals surface area (Å²) in [6, 6.07) is 7.48. The first-order valence-corrected chi connectivity index (χ1v) is 6.56. The van der Waals surface area contributed by atoms with Gasteiger partial charge in [0.15, 0.2) is 0 Å². The van der Waals surface area contributed by atoms with E-state index in [2.05, 4.69) is 39.1 Å². The van der Waals surface area contributed by atoms with Crippen molar-refractivity contribution >= 4 is 24.0 Å². The summed E-state index contributed by atoms with van der Waals surface area (Å²) in [5.41, 5.74) is 7.89. The first kappa shape index (κ1) is 17.9. The molecule has 3 N–H and O–H groups in total. The van der Waals surface area contributed by atoms with Crippen LogP contribution < -0.4 is 11.1 Å². The number of anilines is 1. The molecule has 0 heterocycles. The van der Waals surface area contributed by atoms with E-state index in [1.807, 2.05) is 18.2 Å². The van der Waals surface area contributed by atoms with Gasteiger partial charge in [-0.05, 0) is 36.0 Å². The van der Waals surface area contributed by atoms with E-state index in [9.17, 15) is 4.79 Å². The summed E-state index contributed by atoms with van der Waals surface area (Å²) in [6.45, 7) is 8.38. The standard InChI is InChI=1S/C15H24N2O.ClH/c1-10(2)8-14(16)15(18)17-13-7-5-6-12(9-13)11(3)4;/h5-7,9-11,14H,8,16H2,1-4H3,(H,17,18);1H/t14-;/m0./s1. The van der Waals surface area contributed by atoms with E-state index in [0.717, 1.165) is 5.69 Å². The molecule has 0 saturated heterocycles. The molecule has 0 aliphatic rings. The Labute approximate surface area is 122 Å². The number of amides is 1. The zero-order chi connectivity index (χ0) is 13.7. The van der Waals surface area contributed by atoms with Crippen LogP contribution in [0.25, 0.3) is 0 Å². The fourth-order valence-electron chi connectivity index (χ4n) is 1.83. The van der Waals surface area contributed by atoms with E-state index in [0.29, 0.717) is 18.3 Å². The molecule has 4 heteroatoms. The average Bonchev–Trinajstić information content (AvgIpc) is 2.28. The van der Waals surface area contributed by atoms with Crippen molar-refractivity contribution in [1.29, 1.82) is 0 Å². The van der Waals surface area contributed by atoms with Gasteiger partial charge in [0.2, 0.25) is 5.91 Å². The summed E-state index contributed by atoms with van der Waals surface area (Å²) in [5.74, 6) is 0.767. The zero-order valence-corrected chi connectivity index (χ0v) is 13.0. The predicted octanol–water partition coefficient (Wildman–Crippen LogP) is 3.54. The molecule has 1 amide bonds. The van der Waals surface area contributed by atoms with Crippen molar-refractivity contribution in [2.45, 2.75) is 46.1 Å². The molecule has 0 radical (unpaired) electrons. The molecule has 3 nitrogen and oxygen atoms in total. The van der Waals surface area contributed by atoms with Gasteiger partial charge in [0.1, 0.15) is 0 Å². The lowest BCUT2D eigenvalue weighted by molar-refractivity contribution is -0.117. The van der Waals surface area contributed by atoms with E-state index in [-0.39, 0.29) is 18.3 Å². The first-order valence-electron chi connectivity index (χ1n) is 6.56. The molecule has 0 saturated carbocycles. The third-order valence-electron chi connectivity index (χ3n) is 2.88. The molecule has 0 aliphatic heterocycles. The van der Waals surface area contributed by atoms with Crippen LogP contribution in [0.5, 0.6) is 0 Å². The molecule has 0 unspecified atom stereocenters. The molecular formula is C15H25ClN2O. The minimum absolute atomic E-state index is 0. The molecule has 19 heavy (non-hydrogen) atoms. The Morgan fingerprint density at radius 2 is 1.89 bits per heavy atom. The number of nitrogens with two attached hydrogens (primary N) is 1. The van der Waals surface area contributed by atoms with E-state index in [1.165, 1.54) is 5.56 Å². The minimum atomic E-state index is -0.437. The van der Waals surface area contributed by atoms with Crippen LogP contribution in [0.1, 0.15) is 45.6 Å². The van der Waals surface area contributed by atoms with Crippen LogP contribution >= 0.6 is 12.4 Å². The van der Waals surface area contributed by atoms with Crippen LogP contribution in [0.2, 0.25) is 0 Å². The van der Waals surface area contributed by atoms with Gasteiger partial charge in [-0.15, -0.1) is 12.4 Å². The van der Waals surface area contributed by atoms with Crippen LogP contribution in [0.4, 0.5) is 5.69 Å². The van der Waals surface area contributed by atoms with E-state index < -0.39 is 6.04 Å². The highest BCUT2D eigenvalue weighted by molar-refractivity contribution is 5.94. The lowest BCUT2D eigenvalue weighted by atomic mass is 10.0. The smallest absolute Gasteiger partial charge is 0.241 e. The molecule has 1 rings (SSSR count). The summed E-state index contributed by atoms with van der Waals surface area (Å²) in [4.78, 5) is 11.9. The van der Waals surface area contributed by atoms with Gasteiger partial charge in [0.05, 0.1) is 6.04 Å². The molecule has 0 aromatic heterocycles. The van der Waals surface area contributed by atoms with Crippen LogP contribution in [-0.4, -0.2) is 11.9 Å². The van der Waals surface area contributed by atoms with Gasteiger partial charge in [0.25, 0.3) is 0 Å². The third kappa shape index (κ3) is 6.08. The Hall–Kier alpha value is -1.06. The Morgan fingerprint density at radius 1 is 1.26 bits per heavy atom. The minimum Gasteiger partial charge on any atom is -0.325 e. The van der Waals surface area contributed by atoms with Crippen molar-refractivity contribution in [2.75, 3.05) is 5.32 Å². The van der Waals surface area contributed by atoms with E-state index >= 15 is 0 Å². The van der Waals surface area contributed by atoms with Crippen LogP contribution in [0, 0.1) is 5.92 Å². The van der Waals surface area contributed by atoms with Crippen molar-refractivity contribution < 1.29 is 4.79 Å². The second-order valence-electron chi connectivity index (χ2n) is 5.51. The average molecular weight is 285 g/mol. The molecule has 1 aromatic carbocycles. The van der Waals surface area contributed by atoms with Crippen molar-refractivity contribution in [3.63, 3.8) is 0 Å². The predicted molar refractivity (Wildman–Crippen MR) is 83.8 cm³/mol. The molecule has 0 aliphatic carbocycles. The van der Waals surface area contributed by atoms with Gasteiger partial charge in [0, 0.05) is 5.69 Å². The van der Waals surface area contributed by atoms with Crippen LogP contribution in [0.3, 0.4) is 0 Å². The van der Waals surface area contributed by atoms with Crippen molar-refractivity contribution in [2.24, 2.45) is 11.7 Å². The third-order valence-corrected chi connectivity index (χ3v) is 2.88. The molecule has 1 atom stereocenters. The first-order chi connectivity index (χ1) is 8.40. The highest BCUT2D eigenvalue weighted by Crippen LogP contribution is 2.18. The van der Waals surface area contributed by atoms with Gasteiger partial charge in [-0.2, -0.15) is 0 Å². The molecule has 1 aromatic rings. The van der Waals surface area contributed by atoms with Crippen molar-refractivity contribution in [1.82, 2.24) is 0 Å². The van der Waals surface area contributed by atoms with Crippen molar-refractivity contribution in [3.05, 3.63) is 29.8 Å². The second-order valence-corrected chi connectivity index (χ2v) is 5.51. The number of hydrogen-bond donors (Lipinski definition) is 2. The maximum atomic E-state index is 11.9. The van der Waals surface area contributed by atoms with Gasteiger partial charge < -0.3 is 11.1 Å². The zero-order valence-electron chi connectivity index (χ0n) is 12.1. The highest BCUT2D eigenvalue weighted by Gasteiger charge is 2.15. The largest absolute Gasteiger partial charge is 0.325 e. The maximum absolute atomic E-state index is 11.9. The van der Waals surface area contributed by atoms with Gasteiger partial charge in [-0.3, -0.25) is 4.79 Å². The highest BCUT2D eigenvalue weighted by atomic mass is 35.5. The Balaban J connectivity index is 0.00000324. The monoisotopic (exact) mass is 284 g/mol. The second kappa shape index (κ2) is 8.18. The SMILES string of the molecule is CC(C)C[C@H](N)C(=O)Nc1cccc(C(C)C)c1.Cl. The van der Waals surface area contributed by atoms with Gasteiger partial charge in [-0.1, -0.05) is 39.8 Å². The van der Waals surface area contributed by atoms with E-state index in [1.54, 1.807) is 0 Å². The number of rotatable bonds is 5. The molecule has 0 spiro atoms. The summed E-state index contributed by atoms with van der Waals surface area (Å²) in [5, 5.41) is 2.88. The number of carbonyl (C=O) groups is 1. The lowest BCUT2D eigenvalue weighted by Gasteiger charge is -2.15. The van der Waals surface area contributed by atoms with Gasteiger partial charge in [-0.25, -0.2) is 0 Å². The van der Waals surface area contributed by atoms with Gasteiger partial charge >= 0.3 is 0 Å². The quantitative estimate of drug-likeness (QED) is 0.869. The fraction of sp³-hybridized carbons (Fsp3) is 0.533. The summed E-state index contributed by atoms with van der Waals surface area (Å²) in [7, 11) is 0. The Bertz CT molecular complexity index is 405. The maximum Gasteiger partial charge on any atom is 0.241 e. The molecular weight excluding hydrogens is 260 g/mol. The number of carbonyl (C=O) groups excluding carboxylic acids is 1. The number of benzene rings is 1. The molecule has 0 bridgehead atoms. The van der Waals surface area contributed by atoms with Crippen LogP contribution in [-0.2, 0) is 4.79 Å². The number of hydrogen-bond acceptors (Lipinski definition) is 2.